The number of nitrogens with two attached hydrogens (primary N) is 1. The summed E-state index contributed by atoms with van der Waals surface area (Å²) in [5, 5.41) is 0. The Morgan fingerprint density at radius 1 is 1.42 bits per heavy atom. The molecular formula is C8H13NO3. The van der Waals surface area contributed by atoms with Crippen molar-refractivity contribution < 1.29 is 14.3 Å². The molecule has 0 unspecified atom stereocenters. The zero-order valence-electron chi connectivity index (χ0n) is 7.29. The molecule has 0 aliphatic rings. The molecule has 0 aliphatic heterocycles. The van der Waals surface area contributed by atoms with Gasteiger partial charge in [-0.3, -0.25) is 4.79 Å². The average Bonchev–Trinajstić information content (AvgIpc) is 2.04. The van der Waals surface area contributed by atoms with E-state index in [0.717, 1.165) is 6.08 Å². The van der Waals surface area contributed by atoms with Gasteiger partial charge in [-0.05, 0) is 6.92 Å². The van der Waals surface area contributed by atoms with Crippen LogP contribution in [0.4, 0.5) is 0 Å². The average molecular weight is 171 g/mol. The standard InChI is InChI=1S/C8H13NO3/c1-3-6(10)5-7(9)8(11)12-4-2/h5H,3-4,9H2,1-2H3/b7-5-. The number of ether oxygens (including phenoxy) is 1. The highest BCUT2D eigenvalue weighted by Crippen LogP contribution is 1.92. The van der Waals surface area contributed by atoms with Crippen LogP contribution in [-0.4, -0.2) is 18.4 Å². The van der Waals surface area contributed by atoms with Crippen LogP contribution in [0.3, 0.4) is 0 Å². The fourth-order valence-corrected chi connectivity index (χ4v) is 0.549. The highest BCUT2D eigenvalue weighted by molar-refractivity contribution is 5.98. The van der Waals surface area contributed by atoms with Crippen molar-refractivity contribution in [3.8, 4) is 0 Å². The first-order valence-corrected chi connectivity index (χ1v) is 3.78. The molecule has 2 N–H and O–H groups in total. The Hall–Kier alpha value is -1.32. The van der Waals surface area contributed by atoms with Gasteiger partial charge in [0.15, 0.2) is 5.78 Å². The van der Waals surface area contributed by atoms with Crippen LogP contribution in [0.15, 0.2) is 11.8 Å². The van der Waals surface area contributed by atoms with E-state index in [1.54, 1.807) is 13.8 Å². The van der Waals surface area contributed by atoms with Gasteiger partial charge in [-0.2, -0.15) is 0 Å². The molecule has 0 spiro atoms. The van der Waals surface area contributed by atoms with Gasteiger partial charge in [0.05, 0.1) is 6.61 Å². The minimum Gasteiger partial charge on any atom is -0.461 e. The first-order chi connectivity index (χ1) is 5.61. The fourth-order valence-electron chi connectivity index (χ4n) is 0.549. The Labute approximate surface area is 71.4 Å². The summed E-state index contributed by atoms with van der Waals surface area (Å²) in [6.45, 7) is 3.62. The lowest BCUT2D eigenvalue weighted by Crippen LogP contribution is -2.16. The minimum absolute atomic E-state index is 0.135. The van der Waals surface area contributed by atoms with Crippen LogP contribution >= 0.6 is 0 Å². The van der Waals surface area contributed by atoms with E-state index in [9.17, 15) is 9.59 Å². The van der Waals surface area contributed by atoms with Crippen LogP contribution in [0.25, 0.3) is 0 Å². The van der Waals surface area contributed by atoms with Crippen molar-refractivity contribution in [3.63, 3.8) is 0 Å². The van der Waals surface area contributed by atoms with Crippen molar-refractivity contribution in [2.24, 2.45) is 5.73 Å². The van der Waals surface area contributed by atoms with Gasteiger partial charge in [0, 0.05) is 12.5 Å². The summed E-state index contributed by atoms with van der Waals surface area (Å²) in [6.07, 6.45) is 1.43. The van der Waals surface area contributed by atoms with Gasteiger partial charge in [0.25, 0.3) is 0 Å². The molecule has 0 amide bonds. The minimum atomic E-state index is -0.640. The SMILES string of the molecule is CCOC(=O)/C(N)=C/C(=O)CC. The lowest BCUT2D eigenvalue weighted by Gasteiger charge is -1.99. The number of carbonyl (C=O) groups excluding carboxylic acids is 2. The Morgan fingerprint density at radius 2 is 2.00 bits per heavy atom. The Bertz CT molecular complexity index is 208. The van der Waals surface area contributed by atoms with E-state index >= 15 is 0 Å². The molecular weight excluding hydrogens is 158 g/mol. The number of hydrogen-bond donors (Lipinski definition) is 1. The molecule has 0 aromatic carbocycles. The third-order valence-electron chi connectivity index (χ3n) is 1.18. The summed E-state index contributed by atoms with van der Waals surface area (Å²) in [6, 6.07) is 0. The van der Waals surface area contributed by atoms with Gasteiger partial charge in [-0.15, -0.1) is 0 Å². The third-order valence-corrected chi connectivity index (χ3v) is 1.18. The smallest absolute Gasteiger partial charge is 0.354 e. The van der Waals surface area contributed by atoms with Gasteiger partial charge in [0.2, 0.25) is 0 Å². The molecule has 4 nitrogen and oxygen atoms in total. The van der Waals surface area contributed by atoms with Crippen molar-refractivity contribution in [2.45, 2.75) is 20.3 Å². The number of rotatable bonds is 4. The van der Waals surface area contributed by atoms with Gasteiger partial charge in [0.1, 0.15) is 5.70 Å². The number of allylic oxidation sites excluding steroid dienone is 1. The van der Waals surface area contributed by atoms with Crippen LogP contribution in [-0.2, 0) is 14.3 Å². The van der Waals surface area contributed by atoms with Crippen LogP contribution in [0.5, 0.6) is 0 Å². The molecule has 0 aliphatic carbocycles. The molecule has 0 heterocycles. The number of carbonyl (C=O) groups is 2. The van der Waals surface area contributed by atoms with Crippen molar-refractivity contribution in [3.05, 3.63) is 11.8 Å². The van der Waals surface area contributed by atoms with E-state index in [4.69, 9.17) is 5.73 Å². The molecule has 0 aromatic heterocycles. The molecule has 0 bridgehead atoms. The van der Waals surface area contributed by atoms with Crippen LogP contribution < -0.4 is 5.73 Å². The van der Waals surface area contributed by atoms with Crippen molar-refractivity contribution in [1.82, 2.24) is 0 Å². The summed E-state index contributed by atoms with van der Waals surface area (Å²) in [4.78, 5) is 21.6. The second-order valence-corrected chi connectivity index (χ2v) is 2.14. The number of esters is 1. The van der Waals surface area contributed by atoms with Crippen molar-refractivity contribution in [2.75, 3.05) is 6.61 Å². The van der Waals surface area contributed by atoms with Gasteiger partial charge < -0.3 is 10.5 Å². The Kier molecular flexibility index (Phi) is 4.76. The molecule has 0 saturated heterocycles. The molecule has 0 atom stereocenters. The van der Waals surface area contributed by atoms with E-state index in [-0.39, 0.29) is 18.1 Å². The molecule has 0 saturated carbocycles. The molecule has 12 heavy (non-hydrogen) atoms. The number of ketones is 1. The summed E-state index contributed by atoms with van der Waals surface area (Å²) < 4.78 is 4.56. The quantitative estimate of drug-likeness (QED) is 0.490. The lowest BCUT2D eigenvalue weighted by molar-refractivity contribution is -0.138. The highest BCUT2D eigenvalue weighted by atomic mass is 16.5. The molecule has 68 valence electrons. The predicted molar refractivity (Wildman–Crippen MR) is 44.2 cm³/mol. The topological polar surface area (TPSA) is 69.4 Å². The van der Waals surface area contributed by atoms with E-state index < -0.39 is 5.97 Å². The predicted octanol–water partition coefficient (Wildman–Crippen LogP) is 0.371. The first-order valence-electron chi connectivity index (χ1n) is 3.78. The van der Waals surface area contributed by atoms with E-state index in [0.29, 0.717) is 6.42 Å². The van der Waals surface area contributed by atoms with Crippen molar-refractivity contribution in [1.29, 1.82) is 0 Å². The molecule has 0 radical (unpaired) electrons. The molecule has 0 fully saturated rings. The zero-order valence-corrected chi connectivity index (χ0v) is 7.29. The second kappa shape index (κ2) is 5.35. The summed E-state index contributed by atoms with van der Waals surface area (Å²) in [5.41, 5.74) is 5.11. The maximum absolute atomic E-state index is 10.8. The maximum atomic E-state index is 10.8. The normalized spacial score (nSPS) is 11.0. The Morgan fingerprint density at radius 3 is 2.42 bits per heavy atom. The largest absolute Gasteiger partial charge is 0.461 e. The summed E-state index contributed by atoms with van der Waals surface area (Å²) >= 11 is 0. The third kappa shape index (κ3) is 3.75. The Balaban J connectivity index is 4.17. The van der Waals surface area contributed by atoms with Gasteiger partial charge in [-0.25, -0.2) is 4.79 Å². The van der Waals surface area contributed by atoms with E-state index in [1.807, 2.05) is 0 Å². The maximum Gasteiger partial charge on any atom is 0.354 e. The van der Waals surface area contributed by atoms with E-state index in [1.165, 1.54) is 0 Å². The van der Waals surface area contributed by atoms with Crippen molar-refractivity contribution >= 4 is 11.8 Å². The highest BCUT2D eigenvalue weighted by Gasteiger charge is 2.06. The number of hydrogen-bond acceptors (Lipinski definition) is 4. The monoisotopic (exact) mass is 171 g/mol. The van der Waals surface area contributed by atoms with Crippen LogP contribution in [0.2, 0.25) is 0 Å². The van der Waals surface area contributed by atoms with Gasteiger partial charge in [-0.1, -0.05) is 6.92 Å². The molecule has 0 aromatic rings. The van der Waals surface area contributed by atoms with Crippen LogP contribution in [0.1, 0.15) is 20.3 Å². The summed E-state index contributed by atoms with van der Waals surface area (Å²) in [5.74, 6) is -0.820. The zero-order chi connectivity index (χ0) is 9.56. The van der Waals surface area contributed by atoms with E-state index in [2.05, 4.69) is 4.74 Å². The molecule has 0 rings (SSSR count). The summed E-state index contributed by atoms with van der Waals surface area (Å²) in [7, 11) is 0. The van der Waals surface area contributed by atoms with Gasteiger partial charge >= 0.3 is 5.97 Å². The fraction of sp³-hybridized carbons (Fsp3) is 0.500. The second-order valence-electron chi connectivity index (χ2n) is 2.14. The van der Waals surface area contributed by atoms with Crippen LogP contribution in [0, 0.1) is 0 Å². The lowest BCUT2D eigenvalue weighted by atomic mass is 10.2. The first kappa shape index (κ1) is 10.7. The molecule has 4 heteroatoms.